The zero-order chi connectivity index (χ0) is 32.8. The number of phosphoric acid groups is 1. The molecule has 0 aliphatic carbocycles. The zero-order valence-electron chi connectivity index (χ0n) is 27.3. The van der Waals surface area contributed by atoms with Crippen molar-refractivity contribution in [3.63, 3.8) is 0 Å². The van der Waals surface area contributed by atoms with Crippen LogP contribution in [0.15, 0.2) is 18.2 Å². The Labute approximate surface area is 251 Å². The summed E-state index contributed by atoms with van der Waals surface area (Å²) in [6.07, 6.45) is -0.743. The SMILES string of the molecule is CC(C)(C)NCC(OC(=O)OC(C)(C)C)c1ccc(OCOP(=O)(OC(C)(C)C)OC(C)(C)C)c(COS(C)(=O)=O)c1. The largest absolute Gasteiger partial charge is 0.509 e. The smallest absolute Gasteiger partial charge is 0.467 e. The summed E-state index contributed by atoms with van der Waals surface area (Å²) in [7, 11) is -7.89. The van der Waals surface area contributed by atoms with Gasteiger partial charge in [0.25, 0.3) is 10.1 Å². The molecule has 1 atom stereocenters. The van der Waals surface area contributed by atoms with Crippen LogP contribution in [0.2, 0.25) is 0 Å². The van der Waals surface area contributed by atoms with Gasteiger partial charge < -0.3 is 19.5 Å². The van der Waals surface area contributed by atoms with Crippen molar-refractivity contribution >= 4 is 24.1 Å². The van der Waals surface area contributed by atoms with Crippen molar-refractivity contribution in [2.75, 3.05) is 19.6 Å². The van der Waals surface area contributed by atoms with E-state index in [0.717, 1.165) is 6.26 Å². The van der Waals surface area contributed by atoms with Crippen molar-refractivity contribution < 1.29 is 49.7 Å². The lowest BCUT2D eigenvalue weighted by atomic mass is 10.0. The van der Waals surface area contributed by atoms with Crippen LogP contribution in [0.25, 0.3) is 0 Å². The highest BCUT2D eigenvalue weighted by molar-refractivity contribution is 7.85. The van der Waals surface area contributed by atoms with Crippen molar-refractivity contribution in [1.29, 1.82) is 0 Å². The van der Waals surface area contributed by atoms with Gasteiger partial charge in [-0.3, -0.25) is 13.2 Å². The van der Waals surface area contributed by atoms with E-state index >= 15 is 0 Å². The van der Waals surface area contributed by atoms with E-state index in [-0.39, 0.29) is 24.4 Å². The molecule has 0 spiro atoms. The van der Waals surface area contributed by atoms with Crippen molar-refractivity contribution in [3.8, 4) is 5.75 Å². The minimum absolute atomic E-state index is 0.181. The standard InChI is InChI=1S/C28H50NO11PS/c1-25(2,3)29-17-23(37-24(30)38-26(4,5)6)20-14-15-22(21(16-20)18-36-42(13,32)33)34-19-35-41(31,39-27(7,8)9)40-28(10,11)12/h14-16,23,29H,17-19H2,1-13H3. The second-order valence-electron chi connectivity index (χ2n) is 13.8. The first kappa shape index (κ1) is 38.3. The van der Waals surface area contributed by atoms with E-state index in [1.807, 2.05) is 20.8 Å². The van der Waals surface area contributed by atoms with Gasteiger partial charge >= 0.3 is 14.0 Å². The molecule has 42 heavy (non-hydrogen) atoms. The minimum Gasteiger partial charge on any atom is -0.467 e. The molecule has 14 heteroatoms. The molecule has 1 rings (SSSR count). The molecular formula is C28H50NO11PS. The van der Waals surface area contributed by atoms with Crippen molar-refractivity contribution in [1.82, 2.24) is 5.32 Å². The fourth-order valence-corrected chi connectivity index (χ4v) is 5.14. The first-order chi connectivity index (χ1) is 18.7. The molecule has 0 aromatic heterocycles. The number of hydrogen-bond donors (Lipinski definition) is 1. The van der Waals surface area contributed by atoms with E-state index in [9.17, 15) is 17.8 Å². The fourth-order valence-electron chi connectivity index (χ4n) is 3.14. The van der Waals surface area contributed by atoms with Gasteiger partial charge in [-0.25, -0.2) is 13.9 Å². The molecule has 1 unspecified atom stereocenters. The molecule has 0 amide bonds. The molecule has 0 radical (unpaired) electrons. The first-order valence-corrected chi connectivity index (χ1v) is 16.8. The van der Waals surface area contributed by atoms with Gasteiger partial charge in [0, 0.05) is 17.6 Å². The highest BCUT2D eigenvalue weighted by Crippen LogP contribution is 2.55. The van der Waals surface area contributed by atoms with Gasteiger partial charge in [0.15, 0.2) is 6.79 Å². The quantitative estimate of drug-likeness (QED) is 0.107. The number of carbonyl (C=O) groups excluding carboxylic acids is 1. The molecule has 1 N–H and O–H groups in total. The van der Waals surface area contributed by atoms with E-state index < -0.39 is 53.8 Å². The maximum atomic E-state index is 13.4. The van der Waals surface area contributed by atoms with E-state index in [1.54, 1.807) is 80.5 Å². The molecule has 0 bridgehead atoms. The number of nitrogens with one attached hydrogen (secondary N) is 1. The monoisotopic (exact) mass is 639 g/mol. The van der Waals surface area contributed by atoms with E-state index in [2.05, 4.69) is 5.32 Å². The number of benzene rings is 1. The molecule has 0 aliphatic rings. The summed E-state index contributed by atoms with van der Waals surface area (Å²) in [4.78, 5) is 12.5. The van der Waals surface area contributed by atoms with Crippen molar-refractivity contribution in [2.24, 2.45) is 0 Å². The van der Waals surface area contributed by atoms with Gasteiger partial charge in [0.1, 0.15) is 17.5 Å². The number of ether oxygens (including phenoxy) is 3. The second kappa shape index (κ2) is 14.4. The van der Waals surface area contributed by atoms with Crippen LogP contribution in [-0.4, -0.2) is 56.5 Å². The lowest BCUT2D eigenvalue weighted by molar-refractivity contribution is -0.0283. The molecule has 0 fully saturated rings. The Balaban J connectivity index is 3.35. The average Bonchev–Trinajstić information content (AvgIpc) is 2.70. The summed E-state index contributed by atoms with van der Waals surface area (Å²) in [6, 6.07) is 4.79. The van der Waals surface area contributed by atoms with Crippen molar-refractivity contribution in [3.05, 3.63) is 29.3 Å². The molecule has 1 aromatic carbocycles. The topological polar surface area (TPSA) is 145 Å². The lowest BCUT2D eigenvalue weighted by Crippen LogP contribution is -2.39. The summed E-state index contributed by atoms with van der Waals surface area (Å²) in [6.45, 7) is 20.6. The Morgan fingerprint density at radius 3 is 1.90 bits per heavy atom. The maximum Gasteiger partial charge on any atom is 0.509 e. The van der Waals surface area contributed by atoms with Crippen LogP contribution in [0.3, 0.4) is 0 Å². The normalized spacial score (nSPS) is 14.4. The third-order valence-electron chi connectivity index (χ3n) is 4.53. The summed E-state index contributed by atoms with van der Waals surface area (Å²) in [5, 5.41) is 3.30. The lowest BCUT2D eigenvalue weighted by Gasteiger charge is -2.30. The van der Waals surface area contributed by atoms with Gasteiger partial charge in [-0.2, -0.15) is 8.42 Å². The van der Waals surface area contributed by atoms with E-state index in [4.69, 9.17) is 32.0 Å². The molecule has 12 nitrogen and oxygen atoms in total. The van der Waals surface area contributed by atoms with Crippen LogP contribution in [0.4, 0.5) is 4.79 Å². The van der Waals surface area contributed by atoms with Crippen LogP contribution in [0.1, 0.15) is 100 Å². The van der Waals surface area contributed by atoms with Gasteiger partial charge in [-0.15, -0.1) is 0 Å². The van der Waals surface area contributed by atoms with Crippen LogP contribution >= 0.6 is 7.82 Å². The number of phosphoric ester groups is 1. The predicted molar refractivity (Wildman–Crippen MR) is 160 cm³/mol. The molecule has 0 heterocycles. The molecular weight excluding hydrogens is 589 g/mol. The second-order valence-corrected chi connectivity index (χ2v) is 16.9. The highest BCUT2D eigenvalue weighted by atomic mass is 32.2. The maximum absolute atomic E-state index is 13.4. The van der Waals surface area contributed by atoms with E-state index in [0.29, 0.717) is 11.1 Å². The summed E-state index contributed by atoms with van der Waals surface area (Å²) < 4.78 is 75.4. The third-order valence-corrected chi connectivity index (χ3v) is 7.04. The molecule has 0 saturated heterocycles. The molecule has 0 aliphatic heterocycles. The molecule has 0 saturated carbocycles. The van der Waals surface area contributed by atoms with Crippen molar-refractivity contribution in [2.45, 2.75) is 118 Å². The average molecular weight is 640 g/mol. The Morgan fingerprint density at radius 1 is 0.905 bits per heavy atom. The van der Waals surface area contributed by atoms with E-state index in [1.165, 1.54) is 0 Å². The Bertz CT molecular complexity index is 1170. The van der Waals surface area contributed by atoms with Crippen LogP contribution < -0.4 is 10.1 Å². The highest BCUT2D eigenvalue weighted by Gasteiger charge is 2.37. The van der Waals surface area contributed by atoms with Gasteiger partial charge in [0.2, 0.25) is 0 Å². The minimum atomic E-state index is -4.07. The van der Waals surface area contributed by atoms with Crippen LogP contribution in [-0.2, 0) is 48.5 Å². The van der Waals surface area contributed by atoms with Gasteiger partial charge in [0.05, 0.1) is 24.1 Å². The first-order valence-electron chi connectivity index (χ1n) is 13.6. The van der Waals surface area contributed by atoms with Crippen LogP contribution in [0.5, 0.6) is 5.75 Å². The molecule has 244 valence electrons. The Hall–Kier alpha value is -1.73. The van der Waals surface area contributed by atoms with Gasteiger partial charge in [-0.1, -0.05) is 6.07 Å². The summed E-state index contributed by atoms with van der Waals surface area (Å²) in [5.74, 6) is 0.181. The molecule has 1 aromatic rings. The third kappa shape index (κ3) is 17.4. The zero-order valence-corrected chi connectivity index (χ0v) is 29.0. The number of hydrogen-bond acceptors (Lipinski definition) is 12. The summed E-state index contributed by atoms with van der Waals surface area (Å²) in [5.41, 5.74) is -1.93. The predicted octanol–water partition coefficient (Wildman–Crippen LogP) is 6.63. The Kier molecular flexibility index (Phi) is 13.1. The van der Waals surface area contributed by atoms with Crippen LogP contribution in [0, 0.1) is 0 Å². The number of rotatable bonds is 13. The fraction of sp³-hybridized carbons (Fsp3) is 0.750. The number of carbonyl (C=O) groups is 1. The Morgan fingerprint density at radius 2 is 1.45 bits per heavy atom. The summed E-state index contributed by atoms with van der Waals surface area (Å²) >= 11 is 0. The van der Waals surface area contributed by atoms with Gasteiger partial charge in [-0.05, 0) is 101 Å².